The van der Waals surface area contributed by atoms with E-state index in [1.54, 1.807) is 50.2 Å². The standard InChI is InChI=1S/C15H22N2O4/c1-11(15(19)21-4)9-17(2)10-14(18)16-12-6-5-7-13(8-12)20-3/h5-8,11H,9-10H2,1-4H3,(H,16,18). The first kappa shape index (κ1) is 17.0. The Kier molecular flexibility index (Phi) is 6.68. The van der Waals surface area contributed by atoms with Gasteiger partial charge in [0.05, 0.1) is 26.7 Å². The number of ether oxygens (including phenoxy) is 2. The molecule has 0 heterocycles. The molecule has 0 saturated heterocycles. The zero-order valence-corrected chi connectivity index (χ0v) is 12.9. The van der Waals surface area contributed by atoms with Crippen LogP contribution >= 0.6 is 0 Å². The second kappa shape index (κ2) is 8.26. The summed E-state index contributed by atoms with van der Waals surface area (Å²) in [6, 6.07) is 7.14. The van der Waals surface area contributed by atoms with E-state index in [0.29, 0.717) is 18.0 Å². The highest BCUT2D eigenvalue weighted by Gasteiger charge is 2.17. The molecule has 21 heavy (non-hydrogen) atoms. The van der Waals surface area contributed by atoms with Gasteiger partial charge in [0.25, 0.3) is 0 Å². The van der Waals surface area contributed by atoms with E-state index in [-0.39, 0.29) is 24.3 Å². The quantitative estimate of drug-likeness (QED) is 0.769. The Morgan fingerprint density at radius 1 is 1.33 bits per heavy atom. The van der Waals surface area contributed by atoms with Crippen molar-refractivity contribution in [1.29, 1.82) is 0 Å². The van der Waals surface area contributed by atoms with E-state index in [1.165, 1.54) is 7.11 Å². The van der Waals surface area contributed by atoms with Crippen molar-refractivity contribution in [1.82, 2.24) is 4.90 Å². The number of amides is 1. The van der Waals surface area contributed by atoms with Crippen LogP contribution in [-0.4, -0.2) is 51.1 Å². The summed E-state index contributed by atoms with van der Waals surface area (Å²) in [4.78, 5) is 25.0. The minimum absolute atomic E-state index is 0.150. The lowest BCUT2D eigenvalue weighted by atomic mass is 10.2. The largest absolute Gasteiger partial charge is 0.497 e. The third kappa shape index (κ3) is 5.83. The van der Waals surface area contributed by atoms with Gasteiger partial charge in [-0.05, 0) is 19.2 Å². The van der Waals surface area contributed by atoms with Crippen molar-refractivity contribution in [3.8, 4) is 5.75 Å². The van der Waals surface area contributed by atoms with E-state index in [9.17, 15) is 9.59 Å². The first-order chi connectivity index (χ1) is 9.96. The SMILES string of the molecule is COC(=O)C(C)CN(C)CC(=O)Nc1cccc(OC)c1. The lowest BCUT2D eigenvalue weighted by molar-refractivity contribution is -0.145. The smallest absolute Gasteiger partial charge is 0.309 e. The van der Waals surface area contributed by atoms with Gasteiger partial charge in [0, 0.05) is 18.3 Å². The number of nitrogens with one attached hydrogen (secondary N) is 1. The fraction of sp³-hybridized carbons (Fsp3) is 0.467. The summed E-state index contributed by atoms with van der Waals surface area (Å²) in [6.07, 6.45) is 0. The minimum Gasteiger partial charge on any atom is -0.497 e. The lowest BCUT2D eigenvalue weighted by Crippen LogP contribution is -2.35. The van der Waals surface area contributed by atoms with E-state index < -0.39 is 0 Å². The molecule has 0 fully saturated rings. The number of carbonyl (C=O) groups excluding carboxylic acids is 2. The summed E-state index contributed by atoms with van der Waals surface area (Å²) >= 11 is 0. The zero-order chi connectivity index (χ0) is 15.8. The molecule has 0 saturated carbocycles. The van der Waals surface area contributed by atoms with E-state index in [4.69, 9.17) is 4.74 Å². The van der Waals surface area contributed by atoms with Crippen LogP contribution in [0.25, 0.3) is 0 Å². The van der Waals surface area contributed by atoms with Crippen molar-refractivity contribution >= 4 is 17.6 Å². The van der Waals surface area contributed by atoms with Gasteiger partial charge in [-0.15, -0.1) is 0 Å². The topological polar surface area (TPSA) is 67.9 Å². The lowest BCUT2D eigenvalue weighted by Gasteiger charge is -2.19. The van der Waals surface area contributed by atoms with Gasteiger partial charge in [-0.3, -0.25) is 14.5 Å². The predicted molar refractivity (Wildman–Crippen MR) is 80.3 cm³/mol. The van der Waals surface area contributed by atoms with Gasteiger partial charge < -0.3 is 14.8 Å². The molecule has 0 aromatic heterocycles. The molecule has 1 aromatic carbocycles. The molecule has 6 nitrogen and oxygen atoms in total. The first-order valence-electron chi connectivity index (χ1n) is 6.66. The van der Waals surface area contributed by atoms with Crippen molar-refractivity contribution in [3.05, 3.63) is 24.3 Å². The minimum atomic E-state index is -0.282. The average molecular weight is 294 g/mol. The van der Waals surface area contributed by atoms with Crippen LogP contribution in [0.15, 0.2) is 24.3 Å². The van der Waals surface area contributed by atoms with Crippen molar-refractivity contribution in [3.63, 3.8) is 0 Å². The number of hydrogen-bond acceptors (Lipinski definition) is 5. The Bertz CT molecular complexity index is 490. The normalized spacial score (nSPS) is 11.9. The third-order valence-electron chi connectivity index (χ3n) is 2.96. The van der Waals surface area contributed by atoms with E-state index in [2.05, 4.69) is 10.1 Å². The molecule has 1 aromatic rings. The molecule has 0 radical (unpaired) electrons. The molecule has 0 spiro atoms. The molecule has 6 heteroatoms. The van der Waals surface area contributed by atoms with E-state index >= 15 is 0 Å². The third-order valence-corrected chi connectivity index (χ3v) is 2.96. The average Bonchev–Trinajstić information content (AvgIpc) is 2.45. The molecule has 1 amide bonds. The molecule has 1 rings (SSSR count). The molecule has 0 aliphatic rings. The second-order valence-electron chi connectivity index (χ2n) is 4.90. The number of carbonyl (C=O) groups is 2. The number of likely N-dealkylation sites (N-methyl/N-ethyl adjacent to an activating group) is 1. The van der Waals surface area contributed by atoms with Gasteiger partial charge in [-0.25, -0.2) is 0 Å². The number of benzene rings is 1. The van der Waals surface area contributed by atoms with Gasteiger partial charge in [0.1, 0.15) is 5.75 Å². The fourth-order valence-corrected chi connectivity index (χ4v) is 1.95. The summed E-state index contributed by atoms with van der Waals surface area (Å²) in [5, 5.41) is 2.79. The molecular weight excluding hydrogens is 272 g/mol. The van der Waals surface area contributed by atoms with Crippen LogP contribution in [0.5, 0.6) is 5.75 Å². The van der Waals surface area contributed by atoms with Crippen molar-refractivity contribution in [2.45, 2.75) is 6.92 Å². The number of rotatable bonds is 7. The van der Waals surface area contributed by atoms with Crippen molar-refractivity contribution < 1.29 is 19.1 Å². The molecular formula is C15H22N2O4. The molecule has 0 bridgehead atoms. The summed E-state index contributed by atoms with van der Waals surface area (Å²) in [5.74, 6) is -0.0250. The molecule has 1 N–H and O–H groups in total. The van der Waals surface area contributed by atoms with Crippen LogP contribution in [0.1, 0.15) is 6.92 Å². The number of hydrogen-bond donors (Lipinski definition) is 1. The van der Waals surface area contributed by atoms with Crippen molar-refractivity contribution in [2.24, 2.45) is 5.92 Å². The van der Waals surface area contributed by atoms with Gasteiger partial charge in [-0.1, -0.05) is 13.0 Å². The second-order valence-corrected chi connectivity index (χ2v) is 4.90. The Morgan fingerprint density at radius 3 is 2.67 bits per heavy atom. The zero-order valence-electron chi connectivity index (χ0n) is 12.9. The van der Waals surface area contributed by atoms with Crippen LogP contribution in [0, 0.1) is 5.92 Å². The Morgan fingerprint density at radius 2 is 2.05 bits per heavy atom. The van der Waals surface area contributed by atoms with E-state index in [1.807, 2.05) is 0 Å². The molecule has 0 aliphatic heterocycles. The summed E-state index contributed by atoms with van der Waals surface area (Å²) in [6.45, 7) is 2.42. The molecule has 1 unspecified atom stereocenters. The highest BCUT2D eigenvalue weighted by molar-refractivity contribution is 5.92. The van der Waals surface area contributed by atoms with Gasteiger partial charge >= 0.3 is 5.97 Å². The highest BCUT2D eigenvalue weighted by Crippen LogP contribution is 2.16. The summed E-state index contributed by atoms with van der Waals surface area (Å²) < 4.78 is 9.75. The van der Waals surface area contributed by atoms with Crippen LogP contribution in [0.2, 0.25) is 0 Å². The fourth-order valence-electron chi connectivity index (χ4n) is 1.95. The number of methoxy groups -OCH3 is 2. The van der Waals surface area contributed by atoms with Crippen molar-refractivity contribution in [2.75, 3.05) is 39.7 Å². The summed E-state index contributed by atoms with van der Waals surface area (Å²) in [7, 11) is 4.71. The van der Waals surface area contributed by atoms with Crippen LogP contribution < -0.4 is 10.1 Å². The Balaban J connectivity index is 2.47. The predicted octanol–water partition coefficient (Wildman–Crippen LogP) is 1.37. The maximum absolute atomic E-state index is 11.9. The van der Waals surface area contributed by atoms with Crippen LogP contribution in [-0.2, 0) is 14.3 Å². The maximum Gasteiger partial charge on any atom is 0.309 e. The van der Waals surface area contributed by atoms with Gasteiger partial charge in [0.15, 0.2) is 0 Å². The van der Waals surface area contributed by atoms with Gasteiger partial charge in [-0.2, -0.15) is 0 Å². The number of anilines is 1. The van der Waals surface area contributed by atoms with E-state index in [0.717, 1.165) is 0 Å². The number of nitrogens with zero attached hydrogens (tertiary/aromatic N) is 1. The van der Waals surface area contributed by atoms with Crippen LogP contribution in [0.4, 0.5) is 5.69 Å². The highest BCUT2D eigenvalue weighted by atomic mass is 16.5. The van der Waals surface area contributed by atoms with Gasteiger partial charge in [0.2, 0.25) is 5.91 Å². The number of esters is 1. The molecule has 116 valence electrons. The Hall–Kier alpha value is -2.08. The monoisotopic (exact) mass is 294 g/mol. The maximum atomic E-state index is 11.9. The van der Waals surface area contributed by atoms with Crippen LogP contribution in [0.3, 0.4) is 0 Å². The Labute approximate surface area is 125 Å². The molecule has 0 aliphatic carbocycles. The molecule has 1 atom stereocenters. The summed E-state index contributed by atoms with van der Waals surface area (Å²) in [5.41, 5.74) is 0.675. The first-order valence-corrected chi connectivity index (χ1v) is 6.66.